The van der Waals surface area contributed by atoms with Crippen LogP contribution >= 0.6 is 11.6 Å². The Labute approximate surface area is 125 Å². The summed E-state index contributed by atoms with van der Waals surface area (Å²) in [5.41, 5.74) is 6.15. The Morgan fingerprint density at radius 2 is 2.10 bits per heavy atom. The molecule has 0 aliphatic rings. The molecule has 0 aliphatic heterocycles. The number of nitrogens with zero attached hydrogens (tertiary/aromatic N) is 1. The fourth-order valence-corrected chi connectivity index (χ4v) is 2.06. The van der Waals surface area contributed by atoms with E-state index in [2.05, 4.69) is 6.07 Å². The van der Waals surface area contributed by atoms with Gasteiger partial charge in [0.05, 0.1) is 30.2 Å². The highest BCUT2D eigenvalue weighted by molar-refractivity contribution is 6.32. The van der Waals surface area contributed by atoms with Crippen LogP contribution in [0.3, 0.4) is 0 Å². The molecule has 0 saturated heterocycles. The van der Waals surface area contributed by atoms with E-state index in [1.165, 1.54) is 0 Å². The van der Waals surface area contributed by atoms with Crippen LogP contribution in [0.1, 0.15) is 32.3 Å². The Bertz CT molecular complexity index is 495. The molecule has 1 aromatic rings. The maximum atomic E-state index is 8.95. The molecule has 110 valence electrons. The largest absolute Gasteiger partial charge is 0.493 e. The van der Waals surface area contributed by atoms with Crippen molar-refractivity contribution in [3.05, 3.63) is 22.7 Å². The average Bonchev–Trinajstić information content (AvgIpc) is 2.44. The summed E-state index contributed by atoms with van der Waals surface area (Å²) in [6, 6.07) is 5.87. The van der Waals surface area contributed by atoms with Gasteiger partial charge in [-0.15, -0.1) is 0 Å². The molecule has 0 bridgehead atoms. The summed E-state index contributed by atoms with van der Waals surface area (Å²) in [6.45, 7) is 4.71. The van der Waals surface area contributed by atoms with Crippen molar-refractivity contribution in [3.8, 4) is 17.6 Å². The molecule has 0 aliphatic carbocycles. The molecule has 0 atom stereocenters. The van der Waals surface area contributed by atoms with E-state index in [9.17, 15) is 0 Å². The number of hydrogen-bond acceptors (Lipinski definition) is 4. The zero-order chi connectivity index (χ0) is 15.2. The first kappa shape index (κ1) is 16.6. The number of methoxy groups -OCH3 is 1. The Balaban J connectivity index is 2.67. The standard InChI is InChI=1S/C15H21ClN2O2/c1-15(2,10-18)5-4-6-20-14-12(16)7-11(9-17)8-13(14)19-3/h7-8H,4-6,9,17H2,1-3H3. The van der Waals surface area contributed by atoms with Gasteiger partial charge in [0.15, 0.2) is 11.5 Å². The lowest BCUT2D eigenvalue weighted by Crippen LogP contribution is -2.10. The minimum Gasteiger partial charge on any atom is -0.493 e. The molecule has 1 aromatic carbocycles. The van der Waals surface area contributed by atoms with Crippen LogP contribution in [0.2, 0.25) is 5.02 Å². The molecular formula is C15H21ClN2O2. The summed E-state index contributed by atoms with van der Waals surface area (Å²) in [6.07, 6.45) is 1.54. The molecule has 0 amide bonds. The summed E-state index contributed by atoms with van der Waals surface area (Å²) in [7, 11) is 1.57. The van der Waals surface area contributed by atoms with Crippen LogP contribution in [-0.4, -0.2) is 13.7 Å². The van der Waals surface area contributed by atoms with Crippen molar-refractivity contribution in [1.82, 2.24) is 0 Å². The van der Waals surface area contributed by atoms with Crippen LogP contribution in [0.25, 0.3) is 0 Å². The van der Waals surface area contributed by atoms with Crippen molar-refractivity contribution in [1.29, 1.82) is 5.26 Å². The molecule has 4 nitrogen and oxygen atoms in total. The van der Waals surface area contributed by atoms with Crippen LogP contribution in [0, 0.1) is 16.7 Å². The quantitative estimate of drug-likeness (QED) is 0.782. The summed E-state index contributed by atoms with van der Waals surface area (Å²) < 4.78 is 11.0. The van der Waals surface area contributed by atoms with E-state index in [1.54, 1.807) is 13.2 Å². The van der Waals surface area contributed by atoms with Crippen molar-refractivity contribution in [3.63, 3.8) is 0 Å². The van der Waals surface area contributed by atoms with Crippen molar-refractivity contribution in [2.45, 2.75) is 33.2 Å². The summed E-state index contributed by atoms with van der Waals surface area (Å²) >= 11 is 6.18. The van der Waals surface area contributed by atoms with Crippen LogP contribution < -0.4 is 15.2 Å². The third-order valence-electron chi connectivity index (χ3n) is 3.02. The first-order chi connectivity index (χ1) is 9.43. The lowest BCUT2D eigenvalue weighted by atomic mass is 9.90. The van der Waals surface area contributed by atoms with Crippen molar-refractivity contribution in [2.75, 3.05) is 13.7 Å². The van der Waals surface area contributed by atoms with Gasteiger partial charge in [0, 0.05) is 6.54 Å². The Morgan fingerprint density at radius 1 is 1.40 bits per heavy atom. The molecule has 0 radical (unpaired) electrons. The van der Waals surface area contributed by atoms with Gasteiger partial charge in [-0.25, -0.2) is 0 Å². The molecule has 0 fully saturated rings. The second-order valence-electron chi connectivity index (χ2n) is 5.26. The lowest BCUT2D eigenvalue weighted by molar-refractivity contribution is 0.270. The summed E-state index contributed by atoms with van der Waals surface area (Å²) in [4.78, 5) is 0. The van der Waals surface area contributed by atoms with E-state index in [1.807, 2.05) is 19.9 Å². The molecule has 0 unspecified atom stereocenters. The summed E-state index contributed by atoms with van der Waals surface area (Å²) in [5, 5.41) is 9.44. The third kappa shape index (κ3) is 4.59. The highest BCUT2D eigenvalue weighted by Gasteiger charge is 2.17. The van der Waals surface area contributed by atoms with E-state index in [0.717, 1.165) is 18.4 Å². The first-order valence-corrected chi connectivity index (χ1v) is 6.92. The van der Waals surface area contributed by atoms with Crippen LogP contribution in [-0.2, 0) is 6.54 Å². The van der Waals surface area contributed by atoms with E-state index in [4.69, 9.17) is 32.1 Å². The van der Waals surface area contributed by atoms with Crippen LogP contribution in [0.15, 0.2) is 12.1 Å². The second-order valence-corrected chi connectivity index (χ2v) is 5.67. The lowest BCUT2D eigenvalue weighted by Gasteiger charge is -2.16. The minimum atomic E-state index is -0.333. The van der Waals surface area contributed by atoms with Gasteiger partial charge < -0.3 is 15.2 Å². The number of nitriles is 1. The highest BCUT2D eigenvalue weighted by atomic mass is 35.5. The van der Waals surface area contributed by atoms with Gasteiger partial charge in [0.2, 0.25) is 0 Å². The topological polar surface area (TPSA) is 68.3 Å². The van der Waals surface area contributed by atoms with Crippen molar-refractivity contribution >= 4 is 11.6 Å². The maximum Gasteiger partial charge on any atom is 0.179 e. The van der Waals surface area contributed by atoms with E-state index in [-0.39, 0.29) is 5.41 Å². The zero-order valence-corrected chi connectivity index (χ0v) is 13.0. The van der Waals surface area contributed by atoms with Crippen molar-refractivity contribution < 1.29 is 9.47 Å². The van der Waals surface area contributed by atoms with Crippen molar-refractivity contribution in [2.24, 2.45) is 11.1 Å². The monoisotopic (exact) mass is 296 g/mol. The molecular weight excluding hydrogens is 276 g/mol. The first-order valence-electron chi connectivity index (χ1n) is 6.54. The molecule has 0 saturated carbocycles. The van der Waals surface area contributed by atoms with Gasteiger partial charge in [-0.05, 0) is 44.4 Å². The minimum absolute atomic E-state index is 0.333. The third-order valence-corrected chi connectivity index (χ3v) is 3.30. The molecule has 0 heterocycles. The fourth-order valence-electron chi connectivity index (χ4n) is 1.78. The Morgan fingerprint density at radius 3 is 2.65 bits per heavy atom. The number of ether oxygens (including phenoxy) is 2. The zero-order valence-electron chi connectivity index (χ0n) is 12.2. The van der Waals surface area contributed by atoms with Gasteiger partial charge in [0.25, 0.3) is 0 Å². The number of rotatable bonds is 7. The molecule has 0 spiro atoms. The molecule has 0 aromatic heterocycles. The van der Waals surface area contributed by atoms with Gasteiger partial charge in [-0.2, -0.15) is 5.26 Å². The molecule has 1 rings (SSSR count). The van der Waals surface area contributed by atoms with E-state index >= 15 is 0 Å². The molecule has 20 heavy (non-hydrogen) atoms. The van der Waals surface area contributed by atoms with Crippen LogP contribution in [0.5, 0.6) is 11.5 Å². The number of nitrogens with two attached hydrogens (primary N) is 1. The highest BCUT2D eigenvalue weighted by Crippen LogP contribution is 2.36. The van der Waals surface area contributed by atoms with E-state index < -0.39 is 0 Å². The smallest absolute Gasteiger partial charge is 0.179 e. The van der Waals surface area contributed by atoms with Gasteiger partial charge in [-0.1, -0.05) is 11.6 Å². The fraction of sp³-hybridized carbons (Fsp3) is 0.533. The Hall–Kier alpha value is -1.44. The van der Waals surface area contributed by atoms with Gasteiger partial charge in [0.1, 0.15) is 0 Å². The number of halogens is 1. The molecule has 5 heteroatoms. The average molecular weight is 297 g/mol. The van der Waals surface area contributed by atoms with Crippen LogP contribution in [0.4, 0.5) is 0 Å². The normalized spacial score (nSPS) is 11.0. The predicted octanol–water partition coefficient (Wildman–Crippen LogP) is 3.52. The number of hydrogen-bond donors (Lipinski definition) is 1. The Kier molecular flexibility index (Phi) is 6.12. The number of benzene rings is 1. The van der Waals surface area contributed by atoms with E-state index in [0.29, 0.717) is 29.7 Å². The molecule has 2 N–H and O–H groups in total. The second kappa shape index (κ2) is 7.37. The SMILES string of the molecule is COc1cc(CN)cc(Cl)c1OCCCC(C)(C)C#N. The maximum absolute atomic E-state index is 8.95. The predicted molar refractivity (Wildman–Crippen MR) is 80.0 cm³/mol. The summed E-state index contributed by atoms with van der Waals surface area (Å²) in [5.74, 6) is 1.11. The van der Waals surface area contributed by atoms with Gasteiger partial charge >= 0.3 is 0 Å². The van der Waals surface area contributed by atoms with Gasteiger partial charge in [-0.3, -0.25) is 0 Å².